The zero-order chi connectivity index (χ0) is 6.69. The van der Waals surface area contributed by atoms with Gasteiger partial charge in [-0.25, -0.2) is 0 Å². The van der Waals surface area contributed by atoms with E-state index >= 15 is 0 Å². The molecule has 1 atom stereocenters. The lowest BCUT2D eigenvalue weighted by atomic mass is 10.2. The smallest absolute Gasteiger partial charge is 0.232 e. The lowest BCUT2D eigenvalue weighted by Gasteiger charge is -1.98. The molecule has 0 saturated heterocycles. The zero-order valence-corrected chi connectivity index (χ0v) is 5.24. The Morgan fingerprint density at radius 1 is 1.89 bits per heavy atom. The van der Waals surface area contributed by atoms with Gasteiger partial charge < -0.3 is 10.2 Å². The van der Waals surface area contributed by atoms with E-state index in [9.17, 15) is 0 Å². The van der Waals surface area contributed by atoms with Gasteiger partial charge in [0.2, 0.25) is 12.3 Å². The highest BCUT2D eigenvalue weighted by molar-refractivity contribution is 4.81. The number of aromatic nitrogens is 2. The van der Waals surface area contributed by atoms with Crippen molar-refractivity contribution in [1.29, 1.82) is 0 Å². The van der Waals surface area contributed by atoms with Crippen LogP contribution in [-0.4, -0.2) is 10.2 Å². The molecule has 1 rings (SSSR count). The molecule has 1 aromatic heterocycles. The summed E-state index contributed by atoms with van der Waals surface area (Å²) < 4.78 is 4.84. The molecule has 0 saturated carbocycles. The van der Waals surface area contributed by atoms with E-state index in [1.807, 2.05) is 6.92 Å². The first-order valence-corrected chi connectivity index (χ1v) is 2.86. The van der Waals surface area contributed by atoms with Crippen molar-refractivity contribution in [3.05, 3.63) is 12.3 Å². The van der Waals surface area contributed by atoms with Gasteiger partial charge in [0.05, 0.1) is 6.04 Å². The van der Waals surface area contributed by atoms with Gasteiger partial charge in [-0.15, -0.1) is 10.2 Å². The third-order valence-corrected chi connectivity index (χ3v) is 1.13. The standard InChI is InChI=1S/C5H9N3O/c1-2-4(6)5-8-7-3-9-5/h3-4H,2,6H2,1H3. The number of nitrogens with two attached hydrogens (primary N) is 1. The molecule has 0 bridgehead atoms. The van der Waals surface area contributed by atoms with Crippen LogP contribution < -0.4 is 5.73 Å². The van der Waals surface area contributed by atoms with Crippen LogP contribution in [0.5, 0.6) is 0 Å². The second-order valence-corrected chi connectivity index (χ2v) is 1.79. The van der Waals surface area contributed by atoms with Crippen LogP contribution in [0.1, 0.15) is 25.3 Å². The highest BCUT2D eigenvalue weighted by Crippen LogP contribution is 2.07. The molecule has 0 aliphatic rings. The van der Waals surface area contributed by atoms with Crippen LogP contribution in [0.3, 0.4) is 0 Å². The lowest BCUT2D eigenvalue weighted by Crippen LogP contribution is -2.08. The molecule has 0 radical (unpaired) electrons. The first-order chi connectivity index (χ1) is 4.34. The van der Waals surface area contributed by atoms with Crippen molar-refractivity contribution in [3.8, 4) is 0 Å². The van der Waals surface area contributed by atoms with E-state index in [0.717, 1.165) is 6.42 Å². The van der Waals surface area contributed by atoms with Gasteiger partial charge >= 0.3 is 0 Å². The predicted molar refractivity (Wildman–Crippen MR) is 31.5 cm³/mol. The molecule has 0 spiro atoms. The normalized spacial score (nSPS) is 13.6. The minimum absolute atomic E-state index is 0.104. The monoisotopic (exact) mass is 127 g/mol. The van der Waals surface area contributed by atoms with Crippen LogP contribution in [0.2, 0.25) is 0 Å². The molecule has 50 valence electrons. The van der Waals surface area contributed by atoms with Crippen LogP contribution in [-0.2, 0) is 0 Å². The Kier molecular flexibility index (Phi) is 1.79. The van der Waals surface area contributed by atoms with Crippen LogP contribution in [0.25, 0.3) is 0 Å². The van der Waals surface area contributed by atoms with Crippen LogP contribution in [0.15, 0.2) is 10.8 Å². The average Bonchev–Trinajstić information content (AvgIpc) is 2.37. The Labute approximate surface area is 53.1 Å². The minimum atomic E-state index is -0.104. The van der Waals surface area contributed by atoms with Crippen molar-refractivity contribution in [2.45, 2.75) is 19.4 Å². The maximum absolute atomic E-state index is 5.54. The van der Waals surface area contributed by atoms with Gasteiger partial charge in [-0.2, -0.15) is 0 Å². The molecule has 0 amide bonds. The van der Waals surface area contributed by atoms with Crippen LogP contribution in [0, 0.1) is 0 Å². The Balaban J connectivity index is 2.65. The van der Waals surface area contributed by atoms with Gasteiger partial charge in [0.25, 0.3) is 0 Å². The van der Waals surface area contributed by atoms with E-state index in [-0.39, 0.29) is 6.04 Å². The van der Waals surface area contributed by atoms with Crippen molar-refractivity contribution in [1.82, 2.24) is 10.2 Å². The molecule has 0 fully saturated rings. The van der Waals surface area contributed by atoms with Gasteiger partial charge in [0, 0.05) is 0 Å². The molecular weight excluding hydrogens is 118 g/mol. The van der Waals surface area contributed by atoms with Crippen molar-refractivity contribution < 1.29 is 4.42 Å². The Morgan fingerprint density at radius 2 is 2.67 bits per heavy atom. The maximum Gasteiger partial charge on any atom is 0.232 e. The van der Waals surface area contributed by atoms with Gasteiger partial charge in [0.15, 0.2) is 0 Å². The zero-order valence-electron chi connectivity index (χ0n) is 5.24. The predicted octanol–water partition coefficient (Wildman–Crippen LogP) is 0.479. The van der Waals surface area contributed by atoms with Gasteiger partial charge in [-0.3, -0.25) is 0 Å². The van der Waals surface area contributed by atoms with Crippen LogP contribution in [0.4, 0.5) is 0 Å². The fourth-order valence-corrected chi connectivity index (χ4v) is 0.518. The summed E-state index contributed by atoms with van der Waals surface area (Å²) >= 11 is 0. The third-order valence-electron chi connectivity index (χ3n) is 1.13. The molecule has 0 aliphatic heterocycles. The van der Waals surface area contributed by atoms with Crippen LogP contribution >= 0.6 is 0 Å². The molecule has 0 aromatic carbocycles. The lowest BCUT2D eigenvalue weighted by molar-refractivity contribution is 0.443. The molecule has 1 aromatic rings. The summed E-state index contributed by atoms with van der Waals surface area (Å²) in [6.07, 6.45) is 2.10. The summed E-state index contributed by atoms with van der Waals surface area (Å²) in [7, 11) is 0. The van der Waals surface area contributed by atoms with Gasteiger partial charge in [-0.05, 0) is 6.42 Å². The van der Waals surface area contributed by atoms with E-state index in [4.69, 9.17) is 10.2 Å². The quantitative estimate of drug-likeness (QED) is 0.627. The molecule has 0 aliphatic carbocycles. The summed E-state index contributed by atoms with van der Waals surface area (Å²) in [4.78, 5) is 0. The first-order valence-electron chi connectivity index (χ1n) is 2.86. The van der Waals surface area contributed by atoms with Crippen molar-refractivity contribution >= 4 is 0 Å². The summed E-state index contributed by atoms with van der Waals surface area (Å²) in [6.45, 7) is 1.97. The first kappa shape index (κ1) is 6.22. The fraction of sp³-hybridized carbons (Fsp3) is 0.600. The average molecular weight is 127 g/mol. The third kappa shape index (κ3) is 1.26. The second-order valence-electron chi connectivity index (χ2n) is 1.79. The number of hydrogen-bond acceptors (Lipinski definition) is 4. The maximum atomic E-state index is 5.54. The topological polar surface area (TPSA) is 64.9 Å². The van der Waals surface area contributed by atoms with Gasteiger partial charge in [0.1, 0.15) is 0 Å². The number of rotatable bonds is 2. The van der Waals surface area contributed by atoms with E-state index in [1.54, 1.807) is 0 Å². The van der Waals surface area contributed by atoms with Crippen molar-refractivity contribution in [3.63, 3.8) is 0 Å². The molecular formula is C5H9N3O. The summed E-state index contributed by atoms with van der Waals surface area (Å²) in [5.74, 6) is 0.512. The Hall–Kier alpha value is -0.900. The number of nitrogens with zero attached hydrogens (tertiary/aromatic N) is 2. The number of hydrogen-bond donors (Lipinski definition) is 1. The van der Waals surface area contributed by atoms with Crippen molar-refractivity contribution in [2.24, 2.45) is 5.73 Å². The Bertz CT molecular complexity index is 161. The molecule has 2 N–H and O–H groups in total. The fourth-order valence-electron chi connectivity index (χ4n) is 0.518. The Morgan fingerprint density at radius 3 is 3.11 bits per heavy atom. The van der Waals surface area contributed by atoms with E-state index < -0.39 is 0 Å². The highest BCUT2D eigenvalue weighted by atomic mass is 16.4. The minimum Gasteiger partial charge on any atom is -0.426 e. The van der Waals surface area contributed by atoms with E-state index in [2.05, 4.69) is 10.2 Å². The molecule has 4 nitrogen and oxygen atoms in total. The summed E-state index contributed by atoms with van der Waals surface area (Å²) in [5.41, 5.74) is 5.54. The molecule has 1 heterocycles. The molecule has 9 heavy (non-hydrogen) atoms. The SMILES string of the molecule is CCC(N)c1nnco1. The second kappa shape index (κ2) is 2.59. The summed E-state index contributed by atoms with van der Waals surface area (Å²) in [6, 6.07) is -0.104. The largest absolute Gasteiger partial charge is 0.426 e. The molecule has 1 unspecified atom stereocenters. The van der Waals surface area contributed by atoms with E-state index in [0.29, 0.717) is 5.89 Å². The van der Waals surface area contributed by atoms with Crippen molar-refractivity contribution in [2.75, 3.05) is 0 Å². The van der Waals surface area contributed by atoms with E-state index in [1.165, 1.54) is 6.39 Å². The highest BCUT2D eigenvalue weighted by Gasteiger charge is 2.06. The summed E-state index contributed by atoms with van der Waals surface area (Å²) in [5, 5.41) is 7.14. The molecule has 4 heteroatoms. The van der Waals surface area contributed by atoms with Gasteiger partial charge in [-0.1, -0.05) is 6.92 Å².